The van der Waals surface area contributed by atoms with E-state index in [2.05, 4.69) is 26.0 Å². The summed E-state index contributed by atoms with van der Waals surface area (Å²) in [6, 6.07) is 2.93. The van der Waals surface area contributed by atoms with Crippen LogP contribution in [0.2, 0.25) is 0 Å². The molecule has 2 aromatic rings. The van der Waals surface area contributed by atoms with E-state index in [1.807, 2.05) is 13.8 Å². The fourth-order valence-electron chi connectivity index (χ4n) is 1.83. The minimum Gasteiger partial charge on any atom is -0.475 e. The number of nitrogens with zero attached hydrogens (tertiary/aromatic N) is 3. The molecule has 0 saturated carbocycles. The van der Waals surface area contributed by atoms with Gasteiger partial charge in [-0.25, -0.2) is 18.9 Å². The summed E-state index contributed by atoms with van der Waals surface area (Å²) in [5.74, 6) is -1.34. The number of carboxylic acid groups (broad SMARTS) is 1. The summed E-state index contributed by atoms with van der Waals surface area (Å²) in [6.07, 6.45) is 0. The lowest BCUT2D eigenvalue weighted by Gasteiger charge is -2.11. The first-order valence-corrected chi connectivity index (χ1v) is 6.76. The second kappa shape index (κ2) is 5.32. The number of aryl methyl sites for hydroxylation is 1. The zero-order chi connectivity index (χ0) is 15.0. The Balaban J connectivity index is 2.68. The van der Waals surface area contributed by atoms with Gasteiger partial charge in [0.2, 0.25) is 0 Å². The van der Waals surface area contributed by atoms with Gasteiger partial charge in [0, 0.05) is 5.92 Å². The van der Waals surface area contributed by atoms with E-state index < -0.39 is 5.97 Å². The third-order valence-corrected chi connectivity index (χ3v) is 3.41. The Labute approximate surface area is 123 Å². The maximum Gasteiger partial charge on any atom is 0.375 e. The molecule has 20 heavy (non-hydrogen) atoms. The van der Waals surface area contributed by atoms with E-state index in [4.69, 9.17) is 5.11 Å². The van der Waals surface area contributed by atoms with Gasteiger partial charge >= 0.3 is 5.97 Å². The fraction of sp³-hybridized carbons (Fsp3) is 0.308. The molecule has 0 unspecified atom stereocenters. The highest BCUT2D eigenvalue weighted by atomic mass is 79.9. The number of aromatic nitrogens is 3. The zero-order valence-corrected chi connectivity index (χ0v) is 12.8. The Hall–Kier alpha value is -1.76. The van der Waals surface area contributed by atoms with Crippen molar-refractivity contribution in [2.45, 2.75) is 26.7 Å². The number of hydrogen-bond acceptors (Lipinski definition) is 3. The molecular formula is C13H13BrFN3O2. The summed E-state index contributed by atoms with van der Waals surface area (Å²) in [4.78, 5) is 15.0. The number of carbonyl (C=O) groups is 1. The Morgan fingerprint density at radius 1 is 1.45 bits per heavy atom. The van der Waals surface area contributed by atoms with Crippen molar-refractivity contribution in [1.82, 2.24) is 14.8 Å². The number of benzene rings is 1. The molecule has 0 saturated heterocycles. The molecule has 1 aromatic carbocycles. The van der Waals surface area contributed by atoms with Crippen molar-refractivity contribution in [3.05, 3.63) is 39.6 Å². The normalized spacial score (nSPS) is 11.1. The Kier molecular flexibility index (Phi) is 3.89. The standard InChI is InChI=1S/C13H13BrFN3O2/c1-6(2)12-16-11(13(19)20)17-18(12)10-5-8(14)9(15)4-7(10)3/h4-6H,1-3H3,(H,19,20). The first-order chi connectivity index (χ1) is 9.31. The molecule has 106 valence electrons. The maximum atomic E-state index is 13.5. The summed E-state index contributed by atoms with van der Waals surface area (Å²) in [6.45, 7) is 5.51. The van der Waals surface area contributed by atoms with E-state index in [1.54, 1.807) is 13.0 Å². The first-order valence-electron chi connectivity index (χ1n) is 5.97. The van der Waals surface area contributed by atoms with Gasteiger partial charge in [0.25, 0.3) is 5.82 Å². The maximum absolute atomic E-state index is 13.5. The van der Waals surface area contributed by atoms with Crippen LogP contribution in [0.15, 0.2) is 16.6 Å². The molecule has 5 nitrogen and oxygen atoms in total. The van der Waals surface area contributed by atoms with Crippen molar-refractivity contribution in [2.75, 3.05) is 0 Å². The van der Waals surface area contributed by atoms with E-state index >= 15 is 0 Å². The van der Waals surface area contributed by atoms with Crippen LogP contribution in [0.5, 0.6) is 0 Å². The molecule has 0 aliphatic rings. The lowest BCUT2D eigenvalue weighted by atomic mass is 10.1. The highest BCUT2D eigenvalue weighted by Gasteiger charge is 2.20. The van der Waals surface area contributed by atoms with Gasteiger partial charge in [0.15, 0.2) is 0 Å². The van der Waals surface area contributed by atoms with Gasteiger partial charge in [-0.2, -0.15) is 0 Å². The molecule has 0 fully saturated rings. The van der Waals surface area contributed by atoms with Gasteiger partial charge in [-0.05, 0) is 40.5 Å². The summed E-state index contributed by atoms with van der Waals surface area (Å²) < 4.78 is 15.2. The Morgan fingerprint density at radius 3 is 2.65 bits per heavy atom. The Bertz CT molecular complexity index is 682. The molecule has 1 heterocycles. The fourth-order valence-corrected chi connectivity index (χ4v) is 2.16. The number of hydrogen-bond donors (Lipinski definition) is 1. The first kappa shape index (κ1) is 14.6. The average Bonchev–Trinajstić information content (AvgIpc) is 2.78. The summed E-state index contributed by atoms with van der Waals surface area (Å²) in [5, 5.41) is 13.0. The summed E-state index contributed by atoms with van der Waals surface area (Å²) in [5.41, 5.74) is 1.25. The van der Waals surface area contributed by atoms with Crippen LogP contribution < -0.4 is 0 Å². The highest BCUT2D eigenvalue weighted by Crippen LogP contribution is 2.25. The van der Waals surface area contributed by atoms with Crippen LogP contribution in [0, 0.1) is 12.7 Å². The van der Waals surface area contributed by atoms with Crippen molar-refractivity contribution >= 4 is 21.9 Å². The molecule has 2 rings (SSSR count). The van der Waals surface area contributed by atoms with Gasteiger partial charge in [-0.3, -0.25) is 0 Å². The van der Waals surface area contributed by atoms with Gasteiger partial charge in [-0.15, -0.1) is 5.10 Å². The van der Waals surface area contributed by atoms with Gasteiger partial charge in [-0.1, -0.05) is 13.8 Å². The van der Waals surface area contributed by atoms with Crippen LogP contribution in [-0.2, 0) is 0 Å². The number of carboxylic acids is 1. The lowest BCUT2D eigenvalue weighted by Crippen LogP contribution is -2.07. The predicted octanol–water partition coefficient (Wildman–Crippen LogP) is 3.30. The molecule has 0 atom stereocenters. The van der Waals surface area contributed by atoms with Gasteiger partial charge < -0.3 is 5.11 Å². The van der Waals surface area contributed by atoms with E-state index in [9.17, 15) is 9.18 Å². The number of rotatable bonds is 3. The number of aromatic carboxylic acids is 1. The van der Waals surface area contributed by atoms with Crippen molar-refractivity contribution in [3.63, 3.8) is 0 Å². The average molecular weight is 342 g/mol. The summed E-state index contributed by atoms with van der Waals surface area (Å²) >= 11 is 3.12. The molecule has 0 aliphatic carbocycles. The molecule has 1 N–H and O–H groups in total. The second-order valence-corrected chi connectivity index (χ2v) is 5.57. The van der Waals surface area contributed by atoms with Crippen LogP contribution in [0.3, 0.4) is 0 Å². The zero-order valence-electron chi connectivity index (χ0n) is 11.2. The summed E-state index contributed by atoms with van der Waals surface area (Å²) in [7, 11) is 0. The molecular weight excluding hydrogens is 329 g/mol. The molecule has 7 heteroatoms. The Morgan fingerprint density at radius 2 is 2.10 bits per heavy atom. The van der Waals surface area contributed by atoms with Crippen LogP contribution in [0.25, 0.3) is 5.69 Å². The quantitative estimate of drug-likeness (QED) is 0.929. The minimum atomic E-state index is -1.19. The molecule has 0 amide bonds. The largest absolute Gasteiger partial charge is 0.475 e. The van der Waals surface area contributed by atoms with Crippen molar-refractivity contribution in [2.24, 2.45) is 0 Å². The van der Waals surface area contributed by atoms with Crippen LogP contribution in [0.1, 0.15) is 41.8 Å². The third kappa shape index (κ3) is 2.58. The van der Waals surface area contributed by atoms with Crippen molar-refractivity contribution in [1.29, 1.82) is 0 Å². The van der Waals surface area contributed by atoms with E-state index in [1.165, 1.54) is 10.7 Å². The topological polar surface area (TPSA) is 68.0 Å². The monoisotopic (exact) mass is 341 g/mol. The van der Waals surface area contributed by atoms with Gasteiger partial charge in [0.05, 0.1) is 10.2 Å². The van der Waals surface area contributed by atoms with Crippen molar-refractivity contribution < 1.29 is 14.3 Å². The molecule has 0 radical (unpaired) electrons. The van der Waals surface area contributed by atoms with Crippen molar-refractivity contribution in [3.8, 4) is 5.69 Å². The third-order valence-electron chi connectivity index (χ3n) is 2.81. The minimum absolute atomic E-state index is 0.0150. The predicted molar refractivity (Wildman–Crippen MR) is 74.8 cm³/mol. The smallest absolute Gasteiger partial charge is 0.375 e. The van der Waals surface area contributed by atoms with Crippen LogP contribution >= 0.6 is 15.9 Å². The lowest BCUT2D eigenvalue weighted by molar-refractivity contribution is 0.0683. The highest BCUT2D eigenvalue weighted by molar-refractivity contribution is 9.10. The van der Waals surface area contributed by atoms with Crippen LogP contribution in [0.4, 0.5) is 4.39 Å². The van der Waals surface area contributed by atoms with E-state index in [0.717, 1.165) is 0 Å². The molecule has 0 bridgehead atoms. The molecule has 0 aliphatic heterocycles. The number of halogens is 2. The molecule has 0 spiro atoms. The van der Waals surface area contributed by atoms with Crippen LogP contribution in [-0.4, -0.2) is 25.8 Å². The van der Waals surface area contributed by atoms with E-state index in [-0.39, 0.29) is 17.6 Å². The molecule has 1 aromatic heterocycles. The second-order valence-electron chi connectivity index (χ2n) is 4.72. The van der Waals surface area contributed by atoms with E-state index in [0.29, 0.717) is 21.5 Å². The van der Waals surface area contributed by atoms with Gasteiger partial charge in [0.1, 0.15) is 11.6 Å². The SMILES string of the molecule is Cc1cc(F)c(Br)cc1-n1nc(C(=O)O)nc1C(C)C.